The fraction of sp³-hybridized carbons (Fsp3) is 0.370. The van der Waals surface area contributed by atoms with Crippen LogP contribution in [0.1, 0.15) is 34.8 Å². The third kappa shape index (κ3) is 17.0. The summed E-state index contributed by atoms with van der Waals surface area (Å²) in [5.74, 6) is -0.769. The first-order valence-electron chi connectivity index (χ1n) is 12.4. The second-order valence-corrected chi connectivity index (χ2v) is 8.38. The van der Waals surface area contributed by atoms with E-state index < -0.39 is 6.16 Å². The second-order valence-electron chi connectivity index (χ2n) is 7.59. The Morgan fingerprint density at radius 3 is 1.91 bits per heavy atom. The van der Waals surface area contributed by atoms with Crippen molar-refractivity contribution in [3.8, 4) is 0 Å². The summed E-state index contributed by atoms with van der Waals surface area (Å²) >= 11 is 3.18. The molecule has 2 heterocycles. The first-order chi connectivity index (χ1) is 19.7. The summed E-state index contributed by atoms with van der Waals surface area (Å²) in [7, 11) is 3.32. The molecule has 4 aromatic rings. The van der Waals surface area contributed by atoms with Gasteiger partial charge in [0.1, 0.15) is 0 Å². The van der Waals surface area contributed by atoms with E-state index in [2.05, 4.69) is 36.0 Å². The molecule has 0 amide bonds. The van der Waals surface area contributed by atoms with Crippen LogP contribution in [-0.2, 0) is 25.5 Å². The quantitative estimate of drug-likeness (QED) is 0.134. The molecule has 4 rings (SSSR count). The van der Waals surface area contributed by atoms with Crippen molar-refractivity contribution in [3.63, 3.8) is 0 Å². The molecule has 0 aliphatic heterocycles. The first-order valence-corrected chi connectivity index (χ1v) is 13.5. The van der Waals surface area contributed by atoms with Crippen molar-refractivity contribution < 1.29 is 181 Å². The van der Waals surface area contributed by atoms with Crippen LogP contribution < -0.4 is 143 Å². The maximum Gasteiger partial charge on any atom is 1.00 e. The zero-order chi connectivity index (χ0) is 30.6. The summed E-state index contributed by atoms with van der Waals surface area (Å²) in [4.78, 5) is 31.7. The van der Waals surface area contributed by atoms with E-state index >= 15 is 0 Å². The van der Waals surface area contributed by atoms with Crippen molar-refractivity contribution in [2.24, 2.45) is 0 Å². The molecular weight excluding hydrogens is 870 g/mol. The van der Waals surface area contributed by atoms with Crippen LogP contribution in [0.4, 0.5) is 4.79 Å². The molecule has 0 saturated heterocycles. The van der Waals surface area contributed by atoms with Gasteiger partial charge in [0, 0.05) is 30.3 Å². The molecule has 2 aromatic carbocycles. The van der Waals surface area contributed by atoms with Crippen LogP contribution in [0, 0.1) is 0 Å². The summed E-state index contributed by atoms with van der Waals surface area (Å²) in [5.41, 5.74) is 2.47. The van der Waals surface area contributed by atoms with Gasteiger partial charge in [-0.1, -0.05) is 52.3 Å². The maximum atomic E-state index is 11.8. The average Bonchev–Trinajstić information content (AvgIpc) is 3.55. The topological polar surface area (TPSA) is 178 Å². The Kier molecular flexibility index (Phi) is 28.6. The summed E-state index contributed by atoms with van der Waals surface area (Å²) in [6.07, 6.45) is -2.08. The second kappa shape index (κ2) is 27.2. The van der Waals surface area contributed by atoms with Crippen molar-refractivity contribution in [3.05, 3.63) is 59.9 Å². The summed E-state index contributed by atoms with van der Waals surface area (Å²) in [6, 6.07) is 15.1. The molecule has 0 aliphatic rings. The Morgan fingerprint density at radius 2 is 1.40 bits per heavy atom. The smallest absolute Gasteiger partial charge is 0.565 e. The molecule has 0 bridgehead atoms. The van der Waals surface area contributed by atoms with E-state index in [1.54, 1.807) is 32.7 Å². The number of methoxy groups -OCH3 is 2. The molecule has 16 heteroatoms. The first kappa shape index (κ1) is 45.2. The van der Waals surface area contributed by atoms with E-state index in [4.69, 9.17) is 29.2 Å². The number of alkyl halides is 1. The number of para-hydroxylation sites is 2. The van der Waals surface area contributed by atoms with Crippen molar-refractivity contribution in [1.82, 2.24) is 20.0 Å². The Hall–Kier alpha value is 0.0939. The number of nitrogens with zero attached hydrogens (tertiary/aromatic N) is 3. The fourth-order valence-corrected chi connectivity index (χ4v) is 3.55. The number of nitrogens with one attached hydrogen (secondary N) is 1. The maximum absolute atomic E-state index is 11.8. The van der Waals surface area contributed by atoms with Gasteiger partial charge >= 0.3 is 150 Å². The predicted molar refractivity (Wildman–Crippen MR) is 153 cm³/mol. The molecule has 0 fully saturated rings. The number of hydrogen-bond acceptors (Lipinski definition) is 10. The molecule has 43 heavy (non-hydrogen) atoms. The van der Waals surface area contributed by atoms with Gasteiger partial charge in [-0.25, -0.2) is 9.59 Å². The number of benzene rings is 2. The monoisotopic (exact) mass is 903 g/mol. The minimum absolute atomic E-state index is 0. The number of carbonyl (C=O) groups is 3. The van der Waals surface area contributed by atoms with Crippen molar-refractivity contribution in [2.45, 2.75) is 20.4 Å². The number of carboxylic acid groups (broad SMARTS) is 2. The third-order valence-electron chi connectivity index (χ3n) is 4.85. The van der Waals surface area contributed by atoms with E-state index in [0.717, 1.165) is 33.7 Å². The molecule has 0 spiro atoms. The van der Waals surface area contributed by atoms with Crippen molar-refractivity contribution in [2.75, 3.05) is 46.0 Å². The van der Waals surface area contributed by atoms with Crippen LogP contribution in [0.3, 0.4) is 0 Å². The number of fused-ring (bicyclic) bond motifs is 2. The minimum atomic E-state index is -2.08. The summed E-state index contributed by atoms with van der Waals surface area (Å²) in [6.45, 7) is 6.22. The Morgan fingerprint density at radius 1 is 0.884 bits per heavy atom. The molecule has 0 unspecified atom stereocenters. The molecular formula is C27H34BrCs2N4O9+. The molecule has 0 atom stereocenters. The standard InChI is InChI=1S/C13H16N2O3.C10H10N2O2.C3H7BrO.CH2O3.2Cs/c1-3-18-13(16)12-10-6-4-5-7-11(10)15(14-12)8-9-17-2;1-2-14-10(13)9-7-5-3-4-6-8(7)11-12-9;1-5-3-2-4;2-1(3)4;;/h4-7H,3,8-9H2,1-2H3;3-6H,2H2,1H3,(H,11,12);2-3H2,1H3;(H2,2,3,4);;/q;;;;2*+1/p-1. The normalized spacial score (nSPS) is 9.42. The average molecular weight is 904 g/mol. The van der Waals surface area contributed by atoms with Crippen LogP contribution in [0.5, 0.6) is 0 Å². The van der Waals surface area contributed by atoms with Gasteiger partial charge in [-0.3, -0.25) is 9.78 Å². The number of halogens is 1. The number of rotatable bonds is 9. The number of H-pyrrole nitrogens is 1. The number of ether oxygens (including phenoxy) is 4. The van der Waals surface area contributed by atoms with E-state index in [1.807, 2.05) is 48.5 Å². The summed E-state index contributed by atoms with van der Waals surface area (Å²) < 4.78 is 21.3. The Balaban J connectivity index is 0. The van der Waals surface area contributed by atoms with Gasteiger partial charge in [0.2, 0.25) is 6.16 Å². The molecule has 2 aromatic heterocycles. The van der Waals surface area contributed by atoms with E-state index in [9.17, 15) is 9.59 Å². The number of aromatic amines is 1. The molecule has 0 saturated carbocycles. The van der Waals surface area contributed by atoms with E-state index in [0.29, 0.717) is 37.8 Å². The largest absolute Gasteiger partial charge is 1.00 e. The number of esters is 2. The Bertz CT molecular complexity index is 1360. The van der Waals surface area contributed by atoms with Gasteiger partial charge in [-0.2, -0.15) is 10.2 Å². The number of aromatic nitrogens is 4. The number of carbonyl (C=O) groups excluding carboxylic acids is 2. The van der Waals surface area contributed by atoms with Gasteiger partial charge < -0.3 is 34.0 Å². The summed E-state index contributed by atoms with van der Waals surface area (Å²) in [5, 5.41) is 28.8. The van der Waals surface area contributed by atoms with Gasteiger partial charge in [0.25, 0.3) is 0 Å². The minimum Gasteiger partial charge on any atom is -0.565 e. The molecule has 224 valence electrons. The van der Waals surface area contributed by atoms with E-state index in [1.165, 1.54) is 0 Å². The van der Waals surface area contributed by atoms with Crippen LogP contribution >= 0.6 is 15.9 Å². The van der Waals surface area contributed by atoms with Crippen molar-refractivity contribution in [1.29, 1.82) is 0 Å². The van der Waals surface area contributed by atoms with Gasteiger partial charge in [-0.05, 0) is 26.0 Å². The molecule has 2 N–H and O–H groups in total. The molecule has 13 nitrogen and oxygen atoms in total. The SMILES string of the molecule is CCOC(=O)c1n[nH]c2ccccc12.CCOC(=O)c1nn(CCOC)c2ccccc12.COCCBr.O=C([O-])O.[Cs+].[Cs+]. The van der Waals surface area contributed by atoms with Gasteiger partial charge in [-0.15, -0.1) is 0 Å². The zero-order valence-corrected chi connectivity index (χ0v) is 39.4. The predicted octanol–water partition coefficient (Wildman–Crippen LogP) is -2.48. The molecule has 0 aliphatic carbocycles. The zero-order valence-electron chi connectivity index (χ0n) is 25.3. The van der Waals surface area contributed by atoms with Gasteiger partial charge in [0.15, 0.2) is 11.4 Å². The fourth-order valence-electron chi connectivity index (χ4n) is 3.22. The Labute approximate surface area is 376 Å². The van der Waals surface area contributed by atoms with Crippen LogP contribution in [0.25, 0.3) is 21.8 Å². The van der Waals surface area contributed by atoms with E-state index in [-0.39, 0.29) is 150 Å². The van der Waals surface area contributed by atoms with Crippen LogP contribution in [0.15, 0.2) is 48.5 Å². The van der Waals surface area contributed by atoms with Crippen LogP contribution in [-0.4, -0.2) is 89.2 Å². The van der Waals surface area contributed by atoms with Gasteiger partial charge in [0.05, 0.1) is 44.0 Å². The number of hydrogen-bond donors (Lipinski definition) is 2. The molecule has 0 radical (unpaired) electrons. The third-order valence-corrected chi connectivity index (χ3v) is 5.18. The van der Waals surface area contributed by atoms with Crippen molar-refractivity contribution >= 4 is 55.8 Å². The van der Waals surface area contributed by atoms with Crippen LogP contribution in [0.2, 0.25) is 0 Å².